The third kappa shape index (κ3) is 3.11. The monoisotopic (exact) mass is 294 g/mol. The summed E-state index contributed by atoms with van der Waals surface area (Å²) in [7, 11) is 1.34. The fourth-order valence-electron chi connectivity index (χ4n) is 1.84. The van der Waals surface area contributed by atoms with Gasteiger partial charge in [0, 0.05) is 0 Å². The Morgan fingerprint density at radius 3 is 2.85 bits per heavy atom. The zero-order valence-corrected chi connectivity index (χ0v) is 12.2. The molecule has 0 saturated carbocycles. The van der Waals surface area contributed by atoms with Crippen LogP contribution in [0.25, 0.3) is 0 Å². The summed E-state index contributed by atoms with van der Waals surface area (Å²) in [5.74, 6) is 0.790. The van der Waals surface area contributed by atoms with Crippen molar-refractivity contribution in [3.8, 4) is 0 Å². The molecule has 106 valence electrons. The minimum absolute atomic E-state index is 0.401. The number of carbonyl (C=O) groups is 1. The first-order valence-electron chi connectivity index (χ1n) is 6.06. The van der Waals surface area contributed by atoms with Gasteiger partial charge in [0.2, 0.25) is 0 Å². The number of rotatable bonds is 4. The van der Waals surface area contributed by atoms with Crippen LogP contribution < -0.4 is 5.32 Å². The number of halogens is 1. The highest BCUT2D eigenvalue weighted by Crippen LogP contribution is 2.19. The van der Waals surface area contributed by atoms with E-state index in [4.69, 9.17) is 16.0 Å². The molecular formula is C14H15ClN2O3. The van der Waals surface area contributed by atoms with Crippen molar-refractivity contribution < 1.29 is 13.9 Å². The van der Waals surface area contributed by atoms with Gasteiger partial charge in [-0.15, -0.1) is 0 Å². The number of nitrogens with one attached hydrogen (secondary N) is 1. The van der Waals surface area contributed by atoms with Crippen molar-refractivity contribution in [2.24, 2.45) is 0 Å². The number of carbonyl (C=O) groups excluding carboxylic acids is 1. The predicted octanol–water partition coefficient (Wildman–Crippen LogP) is 3.34. The molecule has 6 heteroatoms. The first-order chi connectivity index (χ1) is 9.51. The Kier molecular flexibility index (Phi) is 4.29. The number of hydrogen-bond donors (Lipinski definition) is 1. The van der Waals surface area contributed by atoms with E-state index in [-0.39, 0.29) is 0 Å². The quantitative estimate of drug-likeness (QED) is 0.692. The molecule has 0 aromatic carbocycles. The third-order valence-electron chi connectivity index (χ3n) is 2.88. The van der Waals surface area contributed by atoms with E-state index in [2.05, 4.69) is 15.0 Å². The van der Waals surface area contributed by atoms with Gasteiger partial charge < -0.3 is 14.5 Å². The van der Waals surface area contributed by atoms with Crippen LogP contribution in [0.3, 0.4) is 0 Å². The summed E-state index contributed by atoms with van der Waals surface area (Å²) in [6, 6.07) is 5.23. The number of hydrogen-bond acceptors (Lipinski definition) is 5. The van der Waals surface area contributed by atoms with Gasteiger partial charge in [-0.3, -0.25) is 0 Å². The number of esters is 1. The molecule has 0 unspecified atom stereocenters. The van der Waals surface area contributed by atoms with E-state index in [9.17, 15) is 4.79 Å². The van der Waals surface area contributed by atoms with Crippen LogP contribution >= 0.6 is 11.6 Å². The maximum absolute atomic E-state index is 11.5. The Balaban J connectivity index is 2.09. The lowest BCUT2D eigenvalue weighted by atomic mass is 10.2. The molecule has 0 fully saturated rings. The molecule has 0 atom stereocenters. The van der Waals surface area contributed by atoms with Crippen molar-refractivity contribution in [1.29, 1.82) is 0 Å². The molecule has 0 aliphatic heterocycles. The topological polar surface area (TPSA) is 64.4 Å². The average molecular weight is 295 g/mol. The van der Waals surface area contributed by atoms with E-state index < -0.39 is 5.97 Å². The second kappa shape index (κ2) is 5.96. The molecule has 20 heavy (non-hydrogen) atoms. The van der Waals surface area contributed by atoms with E-state index >= 15 is 0 Å². The summed E-state index contributed by atoms with van der Waals surface area (Å²) in [5, 5.41) is 3.64. The third-order valence-corrected chi connectivity index (χ3v) is 3.09. The summed E-state index contributed by atoms with van der Waals surface area (Å²) in [6.45, 7) is 4.04. The van der Waals surface area contributed by atoms with Gasteiger partial charge >= 0.3 is 5.97 Å². The van der Waals surface area contributed by atoms with Crippen LogP contribution in [0.1, 0.15) is 27.6 Å². The van der Waals surface area contributed by atoms with Crippen LogP contribution in [-0.4, -0.2) is 18.1 Å². The SMILES string of the molecule is COC(=O)c1cc(CNc2ccc(Cl)nc2C)oc1C. The zero-order chi connectivity index (χ0) is 14.7. The van der Waals surface area contributed by atoms with Crippen LogP contribution in [0.2, 0.25) is 5.15 Å². The van der Waals surface area contributed by atoms with Gasteiger partial charge in [0.25, 0.3) is 0 Å². The van der Waals surface area contributed by atoms with Crippen LogP contribution in [-0.2, 0) is 11.3 Å². The number of aromatic nitrogens is 1. The molecule has 2 aromatic rings. The van der Waals surface area contributed by atoms with Gasteiger partial charge in [0.05, 0.1) is 25.0 Å². The molecule has 2 heterocycles. The number of methoxy groups -OCH3 is 1. The molecule has 0 saturated heterocycles. The molecule has 0 bridgehead atoms. The predicted molar refractivity (Wildman–Crippen MR) is 76.1 cm³/mol. The van der Waals surface area contributed by atoms with E-state index in [1.807, 2.05) is 13.0 Å². The molecule has 0 spiro atoms. The average Bonchev–Trinajstić information content (AvgIpc) is 2.78. The molecule has 0 radical (unpaired) electrons. The highest BCUT2D eigenvalue weighted by molar-refractivity contribution is 6.29. The van der Waals surface area contributed by atoms with Crippen LogP contribution in [0, 0.1) is 13.8 Å². The fourth-order valence-corrected chi connectivity index (χ4v) is 2.03. The molecule has 2 aromatic heterocycles. The van der Waals surface area contributed by atoms with E-state index in [0.717, 1.165) is 11.4 Å². The standard InChI is InChI=1S/C14H15ClN2O3/c1-8-12(4-5-13(15)17-8)16-7-10-6-11(9(2)20-10)14(18)19-3/h4-6,16H,7H2,1-3H3. The van der Waals surface area contributed by atoms with Crippen LogP contribution in [0.4, 0.5) is 5.69 Å². The number of pyridine rings is 1. The van der Waals surface area contributed by atoms with E-state index in [0.29, 0.717) is 28.8 Å². The Labute approximate surface area is 121 Å². The second-order valence-electron chi connectivity index (χ2n) is 4.29. The molecule has 5 nitrogen and oxygen atoms in total. The first kappa shape index (κ1) is 14.4. The maximum Gasteiger partial charge on any atom is 0.341 e. The number of anilines is 1. The minimum Gasteiger partial charge on any atom is -0.465 e. The number of furan rings is 1. The van der Waals surface area contributed by atoms with Crippen molar-refractivity contribution in [2.45, 2.75) is 20.4 Å². The molecule has 0 aliphatic rings. The first-order valence-corrected chi connectivity index (χ1v) is 6.43. The van der Waals surface area contributed by atoms with Crippen molar-refractivity contribution in [3.05, 3.63) is 46.1 Å². The molecule has 0 aliphatic carbocycles. The normalized spacial score (nSPS) is 10.4. The number of aryl methyl sites for hydroxylation is 2. The second-order valence-corrected chi connectivity index (χ2v) is 4.68. The smallest absolute Gasteiger partial charge is 0.341 e. The lowest BCUT2D eigenvalue weighted by Crippen LogP contribution is -2.02. The lowest BCUT2D eigenvalue weighted by Gasteiger charge is -2.07. The maximum atomic E-state index is 11.5. The molecule has 1 N–H and O–H groups in total. The van der Waals surface area contributed by atoms with E-state index in [1.165, 1.54) is 7.11 Å². The van der Waals surface area contributed by atoms with Gasteiger partial charge in [-0.2, -0.15) is 0 Å². The van der Waals surface area contributed by atoms with Crippen LogP contribution in [0.5, 0.6) is 0 Å². The summed E-state index contributed by atoms with van der Waals surface area (Å²) >= 11 is 5.80. The van der Waals surface area contributed by atoms with Gasteiger partial charge in [-0.1, -0.05) is 11.6 Å². The van der Waals surface area contributed by atoms with Crippen molar-refractivity contribution >= 4 is 23.3 Å². The Morgan fingerprint density at radius 2 is 2.20 bits per heavy atom. The summed E-state index contributed by atoms with van der Waals surface area (Å²) in [4.78, 5) is 15.6. The molecule has 2 rings (SSSR count). The van der Waals surface area contributed by atoms with Gasteiger partial charge in [-0.25, -0.2) is 9.78 Å². The highest BCUT2D eigenvalue weighted by Gasteiger charge is 2.15. The Morgan fingerprint density at radius 1 is 1.45 bits per heavy atom. The lowest BCUT2D eigenvalue weighted by molar-refractivity contribution is 0.0599. The highest BCUT2D eigenvalue weighted by atomic mass is 35.5. The Bertz CT molecular complexity index is 637. The summed E-state index contributed by atoms with van der Waals surface area (Å²) < 4.78 is 10.2. The van der Waals surface area contributed by atoms with Gasteiger partial charge in [-0.05, 0) is 32.0 Å². The molecular weight excluding hydrogens is 280 g/mol. The fraction of sp³-hybridized carbons (Fsp3) is 0.286. The van der Waals surface area contributed by atoms with Crippen LogP contribution in [0.15, 0.2) is 22.6 Å². The summed E-state index contributed by atoms with van der Waals surface area (Å²) in [5.41, 5.74) is 2.10. The largest absolute Gasteiger partial charge is 0.465 e. The van der Waals surface area contributed by atoms with Gasteiger partial charge in [0.1, 0.15) is 22.2 Å². The molecule has 0 amide bonds. The Hall–Kier alpha value is -2.01. The van der Waals surface area contributed by atoms with E-state index in [1.54, 1.807) is 19.1 Å². The van der Waals surface area contributed by atoms with Crippen molar-refractivity contribution in [2.75, 3.05) is 12.4 Å². The minimum atomic E-state index is -0.401. The number of nitrogens with zero attached hydrogens (tertiary/aromatic N) is 1. The zero-order valence-electron chi connectivity index (χ0n) is 11.5. The summed E-state index contributed by atoms with van der Waals surface area (Å²) in [6.07, 6.45) is 0. The van der Waals surface area contributed by atoms with Crippen molar-refractivity contribution in [3.63, 3.8) is 0 Å². The van der Waals surface area contributed by atoms with Gasteiger partial charge in [0.15, 0.2) is 0 Å². The number of ether oxygens (including phenoxy) is 1. The van der Waals surface area contributed by atoms with Crippen molar-refractivity contribution in [1.82, 2.24) is 4.98 Å².